The highest BCUT2D eigenvalue weighted by Gasteiger charge is 2.17. The molecule has 0 aliphatic heterocycles. The second-order valence-electron chi connectivity index (χ2n) is 3.90. The van der Waals surface area contributed by atoms with Crippen molar-refractivity contribution >= 4 is 11.8 Å². The summed E-state index contributed by atoms with van der Waals surface area (Å²) >= 11 is 0. The lowest BCUT2D eigenvalue weighted by molar-refractivity contribution is -0.156. The summed E-state index contributed by atoms with van der Waals surface area (Å²) in [5.74, 6) is -0.606. The van der Waals surface area contributed by atoms with Crippen LogP contribution < -0.4 is 4.74 Å². The Bertz CT molecular complexity index is 392. The molecule has 17 heavy (non-hydrogen) atoms. The van der Waals surface area contributed by atoms with Crippen molar-refractivity contribution in [2.24, 2.45) is 0 Å². The molecule has 0 aliphatic carbocycles. The van der Waals surface area contributed by atoms with Crippen molar-refractivity contribution in [3.63, 3.8) is 0 Å². The number of hydrogen-bond acceptors (Lipinski definition) is 4. The zero-order valence-electron chi connectivity index (χ0n) is 10.2. The van der Waals surface area contributed by atoms with Crippen LogP contribution in [0.25, 0.3) is 0 Å². The van der Waals surface area contributed by atoms with Gasteiger partial charge in [-0.15, -0.1) is 0 Å². The molecule has 0 radical (unpaired) electrons. The number of Topliss-reactive ketones (excluding diaryl/α,β-unsaturated/α-hetero) is 1. The Morgan fingerprint density at radius 1 is 1.18 bits per heavy atom. The summed E-state index contributed by atoms with van der Waals surface area (Å²) in [6, 6.07) is 6.99. The summed E-state index contributed by atoms with van der Waals surface area (Å²) < 4.78 is 9.81. The molecule has 0 saturated heterocycles. The van der Waals surface area contributed by atoms with Crippen LogP contribution >= 0.6 is 0 Å². The number of methoxy groups -OCH3 is 1. The molecule has 0 saturated carbocycles. The minimum atomic E-state index is -0.782. The molecule has 0 bridgehead atoms. The molecule has 1 aromatic rings. The maximum atomic E-state index is 11.5. The Kier molecular flexibility index (Phi) is 4.69. The van der Waals surface area contributed by atoms with E-state index in [2.05, 4.69) is 0 Å². The maximum Gasteiger partial charge on any atom is 0.375 e. The molecular weight excluding hydrogens is 220 g/mol. The van der Waals surface area contributed by atoms with Crippen molar-refractivity contribution in [3.05, 3.63) is 29.8 Å². The van der Waals surface area contributed by atoms with Gasteiger partial charge in [0.1, 0.15) is 5.75 Å². The van der Waals surface area contributed by atoms with Crippen LogP contribution in [0.3, 0.4) is 0 Å². The van der Waals surface area contributed by atoms with Gasteiger partial charge in [0.25, 0.3) is 0 Å². The Morgan fingerprint density at radius 3 is 2.24 bits per heavy atom. The van der Waals surface area contributed by atoms with Gasteiger partial charge < -0.3 is 9.47 Å². The van der Waals surface area contributed by atoms with E-state index < -0.39 is 11.8 Å². The van der Waals surface area contributed by atoms with Crippen molar-refractivity contribution < 1.29 is 19.1 Å². The normalized spacial score (nSPS) is 10.1. The molecule has 1 rings (SSSR count). The molecule has 0 heterocycles. The van der Waals surface area contributed by atoms with Gasteiger partial charge in [0.15, 0.2) is 0 Å². The summed E-state index contributed by atoms with van der Waals surface area (Å²) in [6.07, 6.45) is -0.224. The Balaban J connectivity index is 2.58. The van der Waals surface area contributed by atoms with Gasteiger partial charge in [-0.3, -0.25) is 4.79 Å². The smallest absolute Gasteiger partial charge is 0.375 e. The molecular formula is C13H16O4. The molecule has 0 atom stereocenters. The van der Waals surface area contributed by atoms with Crippen LogP contribution in [-0.4, -0.2) is 25.0 Å². The fourth-order valence-corrected chi connectivity index (χ4v) is 1.28. The van der Waals surface area contributed by atoms with Crippen LogP contribution in [0, 0.1) is 0 Å². The van der Waals surface area contributed by atoms with Crippen LogP contribution in [0.2, 0.25) is 0 Å². The quantitative estimate of drug-likeness (QED) is 0.577. The molecule has 0 aromatic heterocycles. The third kappa shape index (κ3) is 4.26. The van der Waals surface area contributed by atoms with Gasteiger partial charge >= 0.3 is 5.97 Å². The number of hydrogen-bond donors (Lipinski definition) is 0. The van der Waals surface area contributed by atoms with E-state index in [-0.39, 0.29) is 12.5 Å². The molecule has 4 nitrogen and oxygen atoms in total. The lowest BCUT2D eigenvalue weighted by Crippen LogP contribution is -2.22. The highest BCUT2D eigenvalue weighted by Crippen LogP contribution is 2.12. The fourth-order valence-electron chi connectivity index (χ4n) is 1.28. The summed E-state index contributed by atoms with van der Waals surface area (Å²) in [5, 5.41) is 0. The third-order valence-electron chi connectivity index (χ3n) is 2.09. The lowest BCUT2D eigenvalue weighted by Gasteiger charge is -2.07. The van der Waals surface area contributed by atoms with Gasteiger partial charge in [-0.25, -0.2) is 4.79 Å². The predicted octanol–water partition coefficient (Wildman–Crippen LogP) is 1.76. The van der Waals surface area contributed by atoms with Crippen molar-refractivity contribution in [3.8, 4) is 5.75 Å². The first kappa shape index (κ1) is 13.2. The average Bonchev–Trinajstić information content (AvgIpc) is 2.29. The van der Waals surface area contributed by atoms with Crippen LogP contribution in [0.4, 0.5) is 0 Å². The first-order valence-electron chi connectivity index (χ1n) is 5.39. The van der Waals surface area contributed by atoms with Crippen molar-refractivity contribution in [2.75, 3.05) is 7.11 Å². The van der Waals surface area contributed by atoms with E-state index in [9.17, 15) is 9.59 Å². The minimum absolute atomic E-state index is 0.0511. The molecule has 1 aromatic carbocycles. The second kappa shape index (κ2) is 6.03. The zero-order valence-corrected chi connectivity index (χ0v) is 10.2. The SMILES string of the molecule is COc1ccc(CC(=O)C(=O)OC(C)C)cc1. The Labute approximate surface area is 101 Å². The van der Waals surface area contributed by atoms with E-state index in [0.29, 0.717) is 5.75 Å². The van der Waals surface area contributed by atoms with Crippen LogP contribution in [0.5, 0.6) is 5.75 Å². The van der Waals surface area contributed by atoms with Crippen LogP contribution in [-0.2, 0) is 20.7 Å². The number of rotatable bonds is 5. The van der Waals surface area contributed by atoms with E-state index in [1.54, 1.807) is 45.2 Å². The number of ether oxygens (including phenoxy) is 2. The van der Waals surface area contributed by atoms with Gasteiger partial charge in [0.2, 0.25) is 5.78 Å². The standard InChI is InChI=1S/C13H16O4/c1-9(2)17-13(15)12(14)8-10-4-6-11(16-3)7-5-10/h4-7,9H,8H2,1-3H3. The zero-order chi connectivity index (χ0) is 12.8. The molecule has 4 heteroatoms. The van der Waals surface area contributed by atoms with Gasteiger partial charge in [0.05, 0.1) is 13.2 Å². The fraction of sp³-hybridized carbons (Fsp3) is 0.385. The Hall–Kier alpha value is -1.84. The molecule has 0 N–H and O–H groups in total. The monoisotopic (exact) mass is 236 g/mol. The summed E-state index contributed by atoms with van der Waals surface area (Å²) in [5.41, 5.74) is 0.761. The van der Waals surface area contributed by atoms with Crippen molar-refractivity contribution in [1.29, 1.82) is 0 Å². The van der Waals surface area contributed by atoms with Crippen molar-refractivity contribution in [1.82, 2.24) is 0 Å². The molecule has 0 amide bonds. The third-order valence-corrected chi connectivity index (χ3v) is 2.09. The van der Waals surface area contributed by atoms with E-state index in [1.165, 1.54) is 0 Å². The van der Waals surface area contributed by atoms with E-state index >= 15 is 0 Å². The van der Waals surface area contributed by atoms with E-state index in [0.717, 1.165) is 5.56 Å². The van der Waals surface area contributed by atoms with Gasteiger partial charge in [-0.1, -0.05) is 12.1 Å². The number of carbonyl (C=O) groups excluding carboxylic acids is 2. The minimum Gasteiger partial charge on any atom is -0.497 e. The first-order chi connectivity index (χ1) is 8.02. The summed E-state index contributed by atoms with van der Waals surface area (Å²) in [6.45, 7) is 3.41. The van der Waals surface area contributed by atoms with E-state index in [1.807, 2.05) is 0 Å². The molecule has 0 unspecified atom stereocenters. The number of benzene rings is 1. The number of ketones is 1. The maximum absolute atomic E-state index is 11.5. The van der Waals surface area contributed by atoms with E-state index in [4.69, 9.17) is 9.47 Å². The summed E-state index contributed by atoms with van der Waals surface area (Å²) in [7, 11) is 1.57. The highest BCUT2D eigenvalue weighted by atomic mass is 16.5. The Morgan fingerprint density at radius 2 is 1.76 bits per heavy atom. The highest BCUT2D eigenvalue weighted by molar-refractivity contribution is 6.34. The molecule has 0 aliphatic rings. The second-order valence-corrected chi connectivity index (χ2v) is 3.90. The molecule has 92 valence electrons. The van der Waals surface area contributed by atoms with Crippen LogP contribution in [0.1, 0.15) is 19.4 Å². The summed E-state index contributed by atoms with van der Waals surface area (Å²) in [4.78, 5) is 22.8. The van der Waals surface area contributed by atoms with Crippen molar-refractivity contribution in [2.45, 2.75) is 26.4 Å². The predicted molar refractivity (Wildman–Crippen MR) is 62.9 cm³/mol. The van der Waals surface area contributed by atoms with Gasteiger partial charge in [-0.2, -0.15) is 0 Å². The molecule has 0 spiro atoms. The van der Waals surface area contributed by atoms with Crippen LogP contribution in [0.15, 0.2) is 24.3 Å². The lowest BCUT2D eigenvalue weighted by atomic mass is 10.1. The first-order valence-corrected chi connectivity index (χ1v) is 5.39. The van der Waals surface area contributed by atoms with Gasteiger partial charge in [0, 0.05) is 6.42 Å². The average molecular weight is 236 g/mol. The van der Waals surface area contributed by atoms with Gasteiger partial charge in [-0.05, 0) is 31.5 Å². The largest absolute Gasteiger partial charge is 0.497 e. The molecule has 0 fully saturated rings. The number of esters is 1. The number of carbonyl (C=O) groups is 2. The topological polar surface area (TPSA) is 52.6 Å².